The maximum Gasteiger partial charge on any atom is 0.0897 e. The standard InChI is InChI=1S/C13H25NO3/c15-11(9-17-12-4-1-2-5-12)8-14-10-13(16)6-3-7-13/h11-12,14-16H,1-10H2. The normalized spacial score (nSPS) is 25.8. The highest BCUT2D eigenvalue weighted by Gasteiger charge is 2.33. The van der Waals surface area contributed by atoms with Crippen molar-refractivity contribution in [3.8, 4) is 0 Å². The Balaban J connectivity index is 1.49. The quantitative estimate of drug-likeness (QED) is 0.619. The molecule has 17 heavy (non-hydrogen) atoms. The fourth-order valence-electron chi connectivity index (χ4n) is 2.59. The van der Waals surface area contributed by atoms with E-state index in [2.05, 4.69) is 5.32 Å². The average molecular weight is 243 g/mol. The molecule has 0 spiro atoms. The molecule has 1 unspecified atom stereocenters. The largest absolute Gasteiger partial charge is 0.389 e. The molecule has 100 valence electrons. The maximum atomic E-state index is 9.85. The van der Waals surface area contributed by atoms with E-state index in [0.717, 1.165) is 32.1 Å². The molecule has 2 aliphatic rings. The molecule has 0 aromatic rings. The van der Waals surface area contributed by atoms with Crippen LogP contribution in [0.4, 0.5) is 0 Å². The molecule has 4 heteroatoms. The molecule has 1 atom stereocenters. The van der Waals surface area contributed by atoms with Crippen molar-refractivity contribution < 1.29 is 14.9 Å². The summed E-state index contributed by atoms with van der Waals surface area (Å²) < 4.78 is 5.64. The smallest absolute Gasteiger partial charge is 0.0897 e. The highest BCUT2D eigenvalue weighted by Crippen LogP contribution is 2.30. The first kappa shape index (κ1) is 13.3. The Kier molecular flexibility index (Phi) is 4.79. The van der Waals surface area contributed by atoms with Crippen LogP contribution in [-0.2, 0) is 4.74 Å². The summed E-state index contributed by atoms with van der Waals surface area (Å²) in [5, 5.41) is 22.7. The first-order valence-corrected chi connectivity index (χ1v) is 6.91. The molecule has 2 saturated carbocycles. The Morgan fingerprint density at radius 1 is 1.24 bits per heavy atom. The molecule has 2 rings (SSSR count). The van der Waals surface area contributed by atoms with Crippen molar-refractivity contribution in [3.05, 3.63) is 0 Å². The minimum Gasteiger partial charge on any atom is -0.389 e. The Bertz CT molecular complexity index is 225. The van der Waals surface area contributed by atoms with Gasteiger partial charge in [0.1, 0.15) is 0 Å². The van der Waals surface area contributed by atoms with Gasteiger partial charge in [-0.05, 0) is 32.1 Å². The summed E-state index contributed by atoms with van der Waals surface area (Å²) >= 11 is 0. The molecule has 0 amide bonds. The molecule has 0 radical (unpaired) electrons. The highest BCUT2D eigenvalue weighted by atomic mass is 16.5. The molecule has 0 aromatic heterocycles. The average Bonchev–Trinajstić information content (AvgIpc) is 2.77. The van der Waals surface area contributed by atoms with Gasteiger partial charge in [-0.15, -0.1) is 0 Å². The molecule has 0 heterocycles. The van der Waals surface area contributed by atoms with E-state index < -0.39 is 11.7 Å². The molecule has 2 aliphatic carbocycles. The lowest BCUT2D eigenvalue weighted by molar-refractivity contribution is -0.0378. The summed E-state index contributed by atoms with van der Waals surface area (Å²) in [4.78, 5) is 0. The van der Waals surface area contributed by atoms with E-state index in [4.69, 9.17) is 4.74 Å². The zero-order chi connectivity index (χ0) is 12.1. The Hall–Kier alpha value is -0.160. The lowest BCUT2D eigenvalue weighted by Gasteiger charge is -2.37. The van der Waals surface area contributed by atoms with E-state index in [0.29, 0.717) is 25.8 Å². The third kappa shape index (κ3) is 4.21. The van der Waals surface area contributed by atoms with Crippen LogP contribution in [0.5, 0.6) is 0 Å². The summed E-state index contributed by atoms with van der Waals surface area (Å²) in [6, 6.07) is 0. The van der Waals surface area contributed by atoms with E-state index in [1.54, 1.807) is 0 Å². The fraction of sp³-hybridized carbons (Fsp3) is 1.00. The van der Waals surface area contributed by atoms with Gasteiger partial charge in [-0.2, -0.15) is 0 Å². The lowest BCUT2D eigenvalue weighted by Crippen LogP contribution is -2.48. The van der Waals surface area contributed by atoms with E-state index >= 15 is 0 Å². The van der Waals surface area contributed by atoms with Gasteiger partial charge in [-0.25, -0.2) is 0 Å². The number of rotatable bonds is 7. The molecular weight excluding hydrogens is 218 g/mol. The van der Waals surface area contributed by atoms with Gasteiger partial charge in [0.2, 0.25) is 0 Å². The van der Waals surface area contributed by atoms with Crippen molar-refractivity contribution in [2.45, 2.75) is 62.8 Å². The zero-order valence-corrected chi connectivity index (χ0v) is 10.5. The van der Waals surface area contributed by atoms with Crippen LogP contribution in [-0.4, -0.2) is 47.7 Å². The number of hydrogen-bond donors (Lipinski definition) is 3. The molecule has 3 N–H and O–H groups in total. The van der Waals surface area contributed by atoms with Crippen molar-refractivity contribution in [2.75, 3.05) is 19.7 Å². The summed E-state index contributed by atoms with van der Waals surface area (Å²) in [6.07, 6.45) is 7.58. The zero-order valence-electron chi connectivity index (χ0n) is 10.5. The van der Waals surface area contributed by atoms with Crippen molar-refractivity contribution in [1.29, 1.82) is 0 Å². The molecular formula is C13H25NO3. The molecule has 0 saturated heterocycles. The van der Waals surface area contributed by atoms with Crippen LogP contribution in [0, 0.1) is 0 Å². The van der Waals surface area contributed by atoms with Gasteiger partial charge in [0.05, 0.1) is 24.4 Å². The second kappa shape index (κ2) is 6.14. The van der Waals surface area contributed by atoms with Crippen molar-refractivity contribution in [3.63, 3.8) is 0 Å². The second-order valence-electron chi connectivity index (χ2n) is 5.60. The predicted molar refractivity (Wildman–Crippen MR) is 65.9 cm³/mol. The van der Waals surface area contributed by atoms with Crippen LogP contribution in [0.1, 0.15) is 44.9 Å². The van der Waals surface area contributed by atoms with Crippen LogP contribution in [0.25, 0.3) is 0 Å². The fourth-order valence-corrected chi connectivity index (χ4v) is 2.59. The van der Waals surface area contributed by atoms with Crippen LogP contribution < -0.4 is 5.32 Å². The third-order valence-corrected chi connectivity index (χ3v) is 3.94. The van der Waals surface area contributed by atoms with Crippen LogP contribution in [0.2, 0.25) is 0 Å². The van der Waals surface area contributed by atoms with Gasteiger partial charge in [0, 0.05) is 13.1 Å². The minimum absolute atomic E-state index is 0.362. The first-order chi connectivity index (χ1) is 8.18. The minimum atomic E-state index is -0.508. The Labute approximate surface area is 103 Å². The summed E-state index contributed by atoms with van der Waals surface area (Å²) in [7, 11) is 0. The summed E-state index contributed by atoms with van der Waals surface area (Å²) in [5.41, 5.74) is -0.508. The molecule has 4 nitrogen and oxygen atoms in total. The van der Waals surface area contributed by atoms with E-state index in [1.807, 2.05) is 0 Å². The number of aliphatic hydroxyl groups is 2. The van der Waals surface area contributed by atoms with Gasteiger partial charge in [0.15, 0.2) is 0 Å². The van der Waals surface area contributed by atoms with Crippen LogP contribution in [0.3, 0.4) is 0 Å². The second-order valence-corrected chi connectivity index (χ2v) is 5.60. The van der Waals surface area contributed by atoms with E-state index in [9.17, 15) is 10.2 Å². The maximum absolute atomic E-state index is 9.85. The number of aliphatic hydroxyl groups excluding tert-OH is 1. The Morgan fingerprint density at radius 2 is 1.94 bits per heavy atom. The van der Waals surface area contributed by atoms with Crippen molar-refractivity contribution in [1.82, 2.24) is 5.32 Å². The van der Waals surface area contributed by atoms with Gasteiger partial charge in [0.25, 0.3) is 0 Å². The number of ether oxygens (including phenoxy) is 1. The highest BCUT2D eigenvalue weighted by molar-refractivity contribution is 4.89. The predicted octanol–water partition coefficient (Wildman–Crippen LogP) is 0.811. The summed E-state index contributed by atoms with van der Waals surface area (Å²) in [6.45, 7) is 1.51. The van der Waals surface area contributed by atoms with Gasteiger partial charge in [-0.1, -0.05) is 12.8 Å². The van der Waals surface area contributed by atoms with Crippen molar-refractivity contribution >= 4 is 0 Å². The van der Waals surface area contributed by atoms with Crippen LogP contribution >= 0.6 is 0 Å². The van der Waals surface area contributed by atoms with Crippen molar-refractivity contribution in [2.24, 2.45) is 0 Å². The first-order valence-electron chi connectivity index (χ1n) is 6.91. The van der Waals surface area contributed by atoms with Gasteiger partial charge in [-0.3, -0.25) is 0 Å². The lowest BCUT2D eigenvalue weighted by atomic mass is 9.80. The monoisotopic (exact) mass is 243 g/mol. The van der Waals surface area contributed by atoms with E-state index in [1.165, 1.54) is 12.8 Å². The van der Waals surface area contributed by atoms with E-state index in [-0.39, 0.29) is 0 Å². The Morgan fingerprint density at radius 3 is 2.53 bits per heavy atom. The third-order valence-electron chi connectivity index (χ3n) is 3.94. The summed E-state index contributed by atoms with van der Waals surface area (Å²) in [5.74, 6) is 0. The topological polar surface area (TPSA) is 61.7 Å². The number of hydrogen-bond acceptors (Lipinski definition) is 4. The van der Waals surface area contributed by atoms with Crippen LogP contribution in [0.15, 0.2) is 0 Å². The molecule has 0 bridgehead atoms. The molecule has 0 aromatic carbocycles. The van der Waals surface area contributed by atoms with Gasteiger partial charge >= 0.3 is 0 Å². The SMILES string of the molecule is OC(CNCC1(O)CCC1)COC1CCCC1. The molecule has 2 fully saturated rings. The van der Waals surface area contributed by atoms with Gasteiger partial charge < -0.3 is 20.3 Å². The number of nitrogens with one attached hydrogen (secondary N) is 1. The molecule has 0 aliphatic heterocycles.